The SMILES string of the molecule is COc1cc2c(ccc3cc(OC)c(OC)c(OC)c32)cc1OCc1ccccc1. The maximum atomic E-state index is 6.07. The summed E-state index contributed by atoms with van der Waals surface area (Å²) in [6.45, 7) is 0.463. The molecule has 0 amide bonds. The second-order valence-electron chi connectivity index (χ2n) is 6.81. The van der Waals surface area contributed by atoms with Crippen molar-refractivity contribution in [3.8, 4) is 28.7 Å². The van der Waals surface area contributed by atoms with Crippen LogP contribution in [0.4, 0.5) is 0 Å². The molecule has 0 saturated heterocycles. The van der Waals surface area contributed by atoms with Crippen molar-refractivity contribution in [1.82, 2.24) is 0 Å². The first-order valence-electron chi connectivity index (χ1n) is 9.60. The standard InChI is InChI=1S/C25H24O5/c1-26-20-14-19-17(12-21(20)30-15-16-8-6-5-7-9-16)10-11-18-13-22(27-2)24(28-3)25(29-4)23(18)19/h5-14H,15H2,1-4H3. The van der Waals surface area contributed by atoms with Gasteiger partial charge in [-0.05, 0) is 39.9 Å². The Balaban J connectivity index is 1.88. The van der Waals surface area contributed by atoms with Crippen LogP contribution in [0.2, 0.25) is 0 Å². The zero-order valence-electron chi connectivity index (χ0n) is 17.5. The van der Waals surface area contributed by atoms with Crippen LogP contribution in [0.5, 0.6) is 28.7 Å². The van der Waals surface area contributed by atoms with E-state index in [0.717, 1.165) is 27.1 Å². The highest BCUT2D eigenvalue weighted by atomic mass is 16.5. The molecular weight excluding hydrogens is 380 g/mol. The zero-order chi connectivity index (χ0) is 21.1. The van der Waals surface area contributed by atoms with Gasteiger partial charge in [-0.25, -0.2) is 0 Å². The molecule has 0 heterocycles. The maximum Gasteiger partial charge on any atom is 0.203 e. The smallest absolute Gasteiger partial charge is 0.203 e. The lowest BCUT2D eigenvalue weighted by Crippen LogP contribution is -1.99. The fraction of sp³-hybridized carbons (Fsp3) is 0.200. The van der Waals surface area contributed by atoms with E-state index < -0.39 is 0 Å². The fourth-order valence-electron chi connectivity index (χ4n) is 3.70. The second-order valence-corrected chi connectivity index (χ2v) is 6.81. The molecule has 4 aromatic rings. The minimum Gasteiger partial charge on any atom is -0.493 e. The molecule has 0 N–H and O–H groups in total. The number of rotatable bonds is 7. The summed E-state index contributed by atoms with van der Waals surface area (Å²) in [5, 5.41) is 3.91. The van der Waals surface area contributed by atoms with Gasteiger partial charge >= 0.3 is 0 Å². The van der Waals surface area contributed by atoms with E-state index >= 15 is 0 Å². The number of methoxy groups -OCH3 is 4. The molecule has 154 valence electrons. The number of hydrogen-bond donors (Lipinski definition) is 0. The van der Waals surface area contributed by atoms with Crippen LogP contribution in [-0.2, 0) is 6.61 Å². The third-order valence-electron chi connectivity index (χ3n) is 5.15. The van der Waals surface area contributed by atoms with Crippen LogP contribution in [-0.4, -0.2) is 28.4 Å². The number of ether oxygens (including phenoxy) is 5. The van der Waals surface area contributed by atoms with Gasteiger partial charge in [0.05, 0.1) is 28.4 Å². The molecule has 4 aromatic carbocycles. The summed E-state index contributed by atoms with van der Waals surface area (Å²) in [7, 11) is 6.49. The van der Waals surface area contributed by atoms with Gasteiger partial charge in [-0.2, -0.15) is 0 Å². The molecule has 0 unspecified atom stereocenters. The summed E-state index contributed by atoms with van der Waals surface area (Å²) in [6, 6.07) is 20.1. The third kappa shape index (κ3) is 3.43. The molecule has 0 radical (unpaired) electrons. The van der Waals surface area contributed by atoms with Crippen LogP contribution in [0.3, 0.4) is 0 Å². The van der Waals surface area contributed by atoms with E-state index in [1.165, 1.54) is 0 Å². The lowest BCUT2D eigenvalue weighted by Gasteiger charge is -2.17. The first kappa shape index (κ1) is 19.7. The van der Waals surface area contributed by atoms with E-state index in [0.29, 0.717) is 35.4 Å². The van der Waals surface area contributed by atoms with Crippen molar-refractivity contribution in [3.05, 3.63) is 66.2 Å². The lowest BCUT2D eigenvalue weighted by atomic mass is 9.99. The van der Waals surface area contributed by atoms with Gasteiger partial charge in [0.2, 0.25) is 5.75 Å². The highest BCUT2D eigenvalue weighted by Crippen LogP contribution is 2.47. The average Bonchev–Trinajstić information content (AvgIpc) is 2.80. The molecule has 0 saturated carbocycles. The van der Waals surface area contributed by atoms with E-state index in [1.807, 2.05) is 54.6 Å². The molecule has 0 fully saturated rings. The van der Waals surface area contributed by atoms with Crippen LogP contribution in [0.15, 0.2) is 60.7 Å². The minimum atomic E-state index is 0.463. The molecule has 0 bridgehead atoms. The first-order valence-corrected chi connectivity index (χ1v) is 9.60. The van der Waals surface area contributed by atoms with Gasteiger partial charge in [0.15, 0.2) is 23.0 Å². The Hall–Kier alpha value is -3.60. The predicted octanol–water partition coefficient (Wildman–Crippen LogP) is 5.61. The van der Waals surface area contributed by atoms with Gasteiger partial charge in [-0.3, -0.25) is 0 Å². The Labute approximate surface area is 175 Å². The Kier molecular flexibility index (Phi) is 5.53. The molecule has 0 aliphatic heterocycles. The van der Waals surface area contributed by atoms with Crippen LogP contribution in [0.25, 0.3) is 21.5 Å². The van der Waals surface area contributed by atoms with E-state index in [1.54, 1.807) is 28.4 Å². The Morgan fingerprint density at radius 1 is 0.600 bits per heavy atom. The Morgan fingerprint density at radius 3 is 1.93 bits per heavy atom. The molecule has 0 spiro atoms. The highest BCUT2D eigenvalue weighted by Gasteiger charge is 2.19. The molecular formula is C25H24O5. The minimum absolute atomic E-state index is 0.463. The molecule has 5 heteroatoms. The van der Waals surface area contributed by atoms with Crippen molar-refractivity contribution in [2.24, 2.45) is 0 Å². The van der Waals surface area contributed by atoms with Gasteiger partial charge in [0, 0.05) is 5.39 Å². The summed E-state index contributed by atoms with van der Waals surface area (Å²) in [5.41, 5.74) is 1.09. The lowest BCUT2D eigenvalue weighted by molar-refractivity contribution is 0.285. The van der Waals surface area contributed by atoms with Crippen molar-refractivity contribution >= 4 is 21.5 Å². The largest absolute Gasteiger partial charge is 0.493 e. The van der Waals surface area contributed by atoms with Crippen LogP contribution in [0, 0.1) is 0 Å². The van der Waals surface area contributed by atoms with Gasteiger partial charge in [0.25, 0.3) is 0 Å². The number of fused-ring (bicyclic) bond motifs is 3. The maximum absolute atomic E-state index is 6.07. The topological polar surface area (TPSA) is 46.2 Å². The zero-order valence-corrected chi connectivity index (χ0v) is 17.5. The van der Waals surface area contributed by atoms with E-state index in [-0.39, 0.29) is 0 Å². The Morgan fingerprint density at radius 2 is 1.27 bits per heavy atom. The fourth-order valence-corrected chi connectivity index (χ4v) is 3.70. The summed E-state index contributed by atoms with van der Waals surface area (Å²) < 4.78 is 28.5. The van der Waals surface area contributed by atoms with E-state index in [9.17, 15) is 0 Å². The van der Waals surface area contributed by atoms with Crippen LogP contribution < -0.4 is 23.7 Å². The first-order chi connectivity index (χ1) is 14.7. The third-order valence-corrected chi connectivity index (χ3v) is 5.15. The predicted molar refractivity (Wildman–Crippen MR) is 118 cm³/mol. The van der Waals surface area contributed by atoms with Crippen molar-refractivity contribution in [3.63, 3.8) is 0 Å². The van der Waals surface area contributed by atoms with Gasteiger partial charge in [-0.1, -0.05) is 42.5 Å². The van der Waals surface area contributed by atoms with Gasteiger partial charge < -0.3 is 23.7 Å². The Bertz CT molecular complexity index is 1180. The van der Waals surface area contributed by atoms with E-state index in [4.69, 9.17) is 23.7 Å². The summed E-state index contributed by atoms with van der Waals surface area (Å²) in [6.07, 6.45) is 0. The van der Waals surface area contributed by atoms with Crippen molar-refractivity contribution in [1.29, 1.82) is 0 Å². The molecule has 0 aliphatic rings. The highest BCUT2D eigenvalue weighted by molar-refractivity contribution is 6.13. The van der Waals surface area contributed by atoms with Crippen LogP contribution >= 0.6 is 0 Å². The average molecular weight is 404 g/mol. The molecule has 4 rings (SSSR count). The molecule has 0 aliphatic carbocycles. The summed E-state index contributed by atoms with van der Waals surface area (Å²) >= 11 is 0. The van der Waals surface area contributed by atoms with Crippen LogP contribution in [0.1, 0.15) is 5.56 Å². The number of benzene rings is 4. The quantitative estimate of drug-likeness (QED) is 0.375. The van der Waals surface area contributed by atoms with Crippen molar-refractivity contribution in [2.75, 3.05) is 28.4 Å². The van der Waals surface area contributed by atoms with Crippen molar-refractivity contribution in [2.45, 2.75) is 6.61 Å². The normalized spacial score (nSPS) is 10.8. The summed E-state index contributed by atoms with van der Waals surface area (Å²) in [4.78, 5) is 0. The van der Waals surface area contributed by atoms with E-state index in [2.05, 4.69) is 6.07 Å². The number of hydrogen-bond acceptors (Lipinski definition) is 5. The molecule has 30 heavy (non-hydrogen) atoms. The molecule has 5 nitrogen and oxygen atoms in total. The monoisotopic (exact) mass is 404 g/mol. The molecule has 0 aromatic heterocycles. The van der Waals surface area contributed by atoms with Crippen molar-refractivity contribution < 1.29 is 23.7 Å². The van der Waals surface area contributed by atoms with Gasteiger partial charge in [0.1, 0.15) is 6.61 Å². The second kappa shape index (κ2) is 8.41. The molecule has 0 atom stereocenters. The van der Waals surface area contributed by atoms with Gasteiger partial charge in [-0.15, -0.1) is 0 Å². The summed E-state index contributed by atoms with van der Waals surface area (Å²) in [5.74, 6) is 3.15.